The number of H-pyrrole nitrogens is 1. The summed E-state index contributed by atoms with van der Waals surface area (Å²) in [4.78, 5) is 29.3. The highest BCUT2D eigenvalue weighted by Gasteiger charge is 2.10. The molecule has 5 nitrogen and oxygen atoms in total. The van der Waals surface area contributed by atoms with Crippen molar-refractivity contribution in [1.29, 1.82) is 0 Å². The third kappa shape index (κ3) is 1.67. The smallest absolute Gasteiger partial charge is 0.337 e. The zero-order valence-electron chi connectivity index (χ0n) is 8.90. The first-order valence-electron chi connectivity index (χ1n) is 4.71. The average Bonchev–Trinajstić information content (AvgIpc) is 2.70. The summed E-state index contributed by atoms with van der Waals surface area (Å²) in [6.07, 6.45) is 0. The van der Waals surface area contributed by atoms with Gasteiger partial charge in [-0.05, 0) is 18.2 Å². The zero-order chi connectivity index (χ0) is 11.7. The molecule has 0 radical (unpaired) electrons. The van der Waals surface area contributed by atoms with E-state index in [4.69, 9.17) is 0 Å². The number of hydrogen-bond acceptors (Lipinski definition) is 4. The fraction of sp³-hybridized carbons (Fsp3) is 0.182. The number of aromatic amines is 1. The number of rotatable bonds is 2. The molecule has 1 aromatic carbocycles. The van der Waals surface area contributed by atoms with Crippen molar-refractivity contribution < 1.29 is 14.3 Å². The Labute approximate surface area is 91.4 Å². The number of ether oxygens (including phenoxy) is 1. The van der Waals surface area contributed by atoms with Crippen LogP contribution in [0.15, 0.2) is 18.2 Å². The minimum Gasteiger partial charge on any atom is -0.465 e. The topological polar surface area (TPSA) is 72.0 Å². The summed E-state index contributed by atoms with van der Waals surface area (Å²) in [5, 5.41) is 0. The van der Waals surface area contributed by atoms with Crippen LogP contribution in [-0.2, 0) is 4.74 Å². The average molecular weight is 218 g/mol. The Bertz CT molecular complexity index is 572. The van der Waals surface area contributed by atoms with E-state index in [2.05, 4.69) is 14.7 Å². The Kier molecular flexibility index (Phi) is 2.44. The number of esters is 1. The molecule has 82 valence electrons. The van der Waals surface area contributed by atoms with Crippen LogP contribution in [0.25, 0.3) is 11.0 Å². The highest BCUT2D eigenvalue weighted by atomic mass is 16.5. The first-order chi connectivity index (χ1) is 7.61. The minimum atomic E-state index is -0.416. The molecule has 1 heterocycles. The largest absolute Gasteiger partial charge is 0.465 e. The van der Waals surface area contributed by atoms with Crippen LogP contribution in [0.2, 0.25) is 0 Å². The van der Waals surface area contributed by atoms with Crippen LogP contribution < -0.4 is 0 Å². The molecule has 0 saturated heterocycles. The monoisotopic (exact) mass is 218 g/mol. The van der Waals surface area contributed by atoms with E-state index in [0.29, 0.717) is 16.6 Å². The molecule has 0 atom stereocenters. The molecule has 1 aromatic heterocycles. The molecular weight excluding hydrogens is 208 g/mol. The number of imidazole rings is 1. The summed E-state index contributed by atoms with van der Waals surface area (Å²) in [7, 11) is 1.32. The number of fused-ring (bicyclic) bond motifs is 1. The molecular formula is C11H10N2O3. The Morgan fingerprint density at radius 1 is 1.38 bits per heavy atom. The van der Waals surface area contributed by atoms with E-state index in [1.807, 2.05) is 0 Å². The summed E-state index contributed by atoms with van der Waals surface area (Å²) in [6.45, 7) is 1.43. The van der Waals surface area contributed by atoms with Crippen molar-refractivity contribution >= 4 is 22.8 Å². The summed E-state index contributed by atoms with van der Waals surface area (Å²) in [6, 6.07) is 4.89. The van der Waals surface area contributed by atoms with Crippen molar-refractivity contribution in [3.05, 3.63) is 29.6 Å². The van der Waals surface area contributed by atoms with Gasteiger partial charge in [-0.3, -0.25) is 4.79 Å². The summed E-state index contributed by atoms with van der Waals surface area (Å²) >= 11 is 0. The quantitative estimate of drug-likeness (QED) is 0.613. The Morgan fingerprint density at radius 2 is 2.12 bits per heavy atom. The molecule has 0 aliphatic rings. The number of ketones is 1. The maximum atomic E-state index is 11.3. The molecule has 0 unspecified atom stereocenters. The van der Waals surface area contributed by atoms with Crippen LogP contribution in [0.3, 0.4) is 0 Å². The van der Waals surface area contributed by atoms with Gasteiger partial charge >= 0.3 is 5.97 Å². The Balaban J connectivity index is 2.53. The highest BCUT2D eigenvalue weighted by Crippen LogP contribution is 2.14. The Morgan fingerprint density at radius 3 is 2.75 bits per heavy atom. The molecule has 0 aliphatic heterocycles. The Hall–Kier alpha value is -2.17. The molecule has 0 aliphatic carbocycles. The van der Waals surface area contributed by atoms with Crippen molar-refractivity contribution in [2.24, 2.45) is 0 Å². The summed E-state index contributed by atoms with van der Waals surface area (Å²) in [5.74, 6) is -0.270. The lowest BCUT2D eigenvalue weighted by Gasteiger charge is -1.97. The van der Waals surface area contributed by atoms with Crippen molar-refractivity contribution in [3.63, 3.8) is 0 Å². The van der Waals surface area contributed by atoms with Gasteiger partial charge in [0.25, 0.3) is 0 Å². The standard InChI is InChI=1S/C11H10N2O3/c1-6(14)10-12-8-4-3-7(11(15)16-2)5-9(8)13-10/h3-5H,1-2H3,(H,12,13). The first kappa shape index (κ1) is 10.4. The van der Waals surface area contributed by atoms with E-state index in [0.717, 1.165) is 0 Å². The predicted octanol–water partition coefficient (Wildman–Crippen LogP) is 1.55. The van der Waals surface area contributed by atoms with Crippen molar-refractivity contribution in [2.45, 2.75) is 6.92 Å². The van der Waals surface area contributed by atoms with E-state index in [1.54, 1.807) is 18.2 Å². The molecule has 16 heavy (non-hydrogen) atoms. The fourth-order valence-electron chi connectivity index (χ4n) is 1.42. The normalized spacial score (nSPS) is 10.4. The van der Waals surface area contributed by atoms with E-state index in [9.17, 15) is 9.59 Å². The number of carbonyl (C=O) groups is 2. The second-order valence-electron chi connectivity index (χ2n) is 3.37. The molecule has 0 fully saturated rings. The van der Waals surface area contributed by atoms with Gasteiger partial charge in [0.2, 0.25) is 0 Å². The molecule has 0 spiro atoms. The van der Waals surface area contributed by atoms with Crippen molar-refractivity contribution in [1.82, 2.24) is 9.97 Å². The number of methoxy groups -OCH3 is 1. The van der Waals surface area contributed by atoms with Gasteiger partial charge in [0, 0.05) is 6.92 Å². The maximum absolute atomic E-state index is 11.3. The van der Waals surface area contributed by atoms with Crippen molar-refractivity contribution in [3.8, 4) is 0 Å². The molecule has 0 bridgehead atoms. The lowest BCUT2D eigenvalue weighted by Crippen LogP contribution is -2.00. The van der Waals surface area contributed by atoms with Gasteiger partial charge in [0.1, 0.15) is 0 Å². The third-order valence-electron chi connectivity index (χ3n) is 2.24. The van der Waals surface area contributed by atoms with Crippen LogP contribution in [0.5, 0.6) is 0 Å². The highest BCUT2D eigenvalue weighted by molar-refractivity contribution is 5.97. The van der Waals surface area contributed by atoms with Crippen LogP contribution >= 0.6 is 0 Å². The number of hydrogen-bond donors (Lipinski definition) is 1. The van der Waals surface area contributed by atoms with E-state index in [-0.39, 0.29) is 11.6 Å². The van der Waals surface area contributed by atoms with E-state index >= 15 is 0 Å². The van der Waals surface area contributed by atoms with Gasteiger partial charge in [0.05, 0.1) is 23.7 Å². The van der Waals surface area contributed by atoms with Crippen molar-refractivity contribution in [2.75, 3.05) is 7.11 Å². The van der Waals surface area contributed by atoms with E-state index in [1.165, 1.54) is 14.0 Å². The van der Waals surface area contributed by atoms with Gasteiger partial charge in [0.15, 0.2) is 11.6 Å². The second kappa shape index (κ2) is 3.77. The number of benzene rings is 1. The summed E-state index contributed by atoms with van der Waals surface area (Å²) < 4.78 is 4.60. The lowest BCUT2D eigenvalue weighted by molar-refractivity contribution is 0.0601. The number of carbonyl (C=O) groups excluding carboxylic acids is 2. The summed E-state index contributed by atoms with van der Waals surface area (Å²) in [5.41, 5.74) is 1.72. The van der Waals surface area contributed by atoms with Crippen LogP contribution in [-0.4, -0.2) is 28.8 Å². The van der Waals surface area contributed by atoms with E-state index < -0.39 is 5.97 Å². The van der Waals surface area contributed by atoms with Gasteiger partial charge < -0.3 is 9.72 Å². The predicted molar refractivity (Wildman–Crippen MR) is 57.4 cm³/mol. The van der Waals surface area contributed by atoms with Gasteiger partial charge in [-0.15, -0.1) is 0 Å². The molecule has 2 aromatic rings. The first-order valence-corrected chi connectivity index (χ1v) is 4.71. The number of nitrogens with zero attached hydrogens (tertiary/aromatic N) is 1. The number of nitrogens with one attached hydrogen (secondary N) is 1. The minimum absolute atomic E-state index is 0.143. The van der Waals surface area contributed by atoms with Crippen LogP contribution in [0.1, 0.15) is 27.9 Å². The molecule has 1 N–H and O–H groups in total. The fourth-order valence-corrected chi connectivity index (χ4v) is 1.42. The van der Waals surface area contributed by atoms with Gasteiger partial charge in [-0.1, -0.05) is 0 Å². The van der Waals surface area contributed by atoms with Gasteiger partial charge in [-0.25, -0.2) is 9.78 Å². The number of Topliss-reactive ketones (excluding diaryl/α,β-unsaturated/α-hetero) is 1. The maximum Gasteiger partial charge on any atom is 0.337 e. The molecule has 5 heteroatoms. The lowest BCUT2D eigenvalue weighted by atomic mass is 10.2. The van der Waals surface area contributed by atoms with Gasteiger partial charge in [-0.2, -0.15) is 0 Å². The van der Waals surface area contributed by atoms with Crippen LogP contribution in [0, 0.1) is 0 Å². The zero-order valence-corrected chi connectivity index (χ0v) is 8.90. The third-order valence-corrected chi connectivity index (χ3v) is 2.24. The number of aromatic nitrogens is 2. The molecule has 0 saturated carbocycles. The molecule has 0 amide bonds. The van der Waals surface area contributed by atoms with Crippen LogP contribution in [0.4, 0.5) is 0 Å². The SMILES string of the molecule is COC(=O)c1ccc2nc(C(C)=O)[nH]c2c1. The molecule has 2 rings (SSSR count). The second-order valence-corrected chi connectivity index (χ2v) is 3.37.